The first kappa shape index (κ1) is 8.04. The summed E-state index contributed by atoms with van der Waals surface area (Å²) in [6, 6.07) is 5.57. The molecule has 62 valence electrons. The first-order chi connectivity index (χ1) is 6.29. The molecule has 13 heavy (non-hydrogen) atoms. The van der Waals surface area contributed by atoms with E-state index in [-0.39, 0.29) is 0 Å². The zero-order valence-electron chi connectivity index (χ0n) is 7.28. The number of rotatable bonds is 1. The number of nitrogens with zero attached hydrogens (tertiary/aromatic N) is 2. The Bertz CT molecular complexity index is 442. The highest BCUT2D eigenvalue weighted by molar-refractivity contribution is 6.33. The molecular weight excluding hydrogens is 161 g/mol. The Morgan fingerprint density at radius 1 is 1.38 bits per heavy atom. The van der Waals surface area contributed by atoms with Crippen molar-refractivity contribution in [2.24, 2.45) is 0 Å². The molecule has 0 saturated carbocycles. The Balaban J connectivity index is 2.66. The van der Waals surface area contributed by atoms with Crippen molar-refractivity contribution < 1.29 is 0 Å². The zero-order chi connectivity index (χ0) is 9.26. The van der Waals surface area contributed by atoms with E-state index in [1.807, 2.05) is 18.2 Å². The van der Waals surface area contributed by atoms with Crippen molar-refractivity contribution in [3.8, 4) is 0 Å². The summed E-state index contributed by atoms with van der Waals surface area (Å²) in [5.41, 5.74) is 1.63. The van der Waals surface area contributed by atoms with Gasteiger partial charge < -0.3 is 5.32 Å². The van der Waals surface area contributed by atoms with Crippen molar-refractivity contribution in [3.05, 3.63) is 24.4 Å². The number of fused-ring (bicyclic) bond motifs is 1. The van der Waals surface area contributed by atoms with Gasteiger partial charge in [0.1, 0.15) is 7.85 Å². The summed E-state index contributed by atoms with van der Waals surface area (Å²) in [6.07, 6.45) is 1.75. The number of anilines is 1. The largest absolute Gasteiger partial charge is 0.357 e. The first-order valence-corrected chi connectivity index (χ1v) is 3.99. The van der Waals surface area contributed by atoms with Crippen LogP contribution in [-0.2, 0) is 0 Å². The lowest BCUT2D eigenvalue weighted by Gasteiger charge is -2.01. The highest BCUT2D eigenvalue weighted by Crippen LogP contribution is 2.09. The first-order valence-electron chi connectivity index (χ1n) is 3.99. The summed E-state index contributed by atoms with van der Waals surface area (Å²) < 4.78 is 0. The highest BCUT2D eigenvalue weighted by Gasteiger charge is 1.96. The van der Waals surface area contributed by atoms with E-state index in [1.54, 1.807) is 13.2 Å². The number of nitrogens with one attached hydrogen (secondary N) is 1. The molecule has 0 aliphatic heterocycles. The number of hydrogen-bond acceptors (Lipinski definition) is 3. The second-order valence-corrected chi connectivity index (χ2v) is 2.76. The van der Waals surface area contributed by atoms with Crippen LogP contribution < -0.4 is 10.8 Å². The Labute approximate surface area is 77.6 Å². The fourth-order valence-electron chi connectivity index (χ4n) is 1.17. The predicted octanol–water partition coefficient (Wildman–Crippen LogP) is 0.465. The molecule has 2 radical (unpaired) electrons. The van der Waals surface area contributed by atoms with Crippen LogP contribution in [0.25, 0.3) is 10.9 Å². The third kappa shape index (κ3) is 1.47. The summed E-state index contributed by atoms with van der Waals surface area (Å²) in [7, 11) is 7.41. The molecule has 2 rings (SSSR count). The molecular formula is C9H8BN3. The van der Waals surface area contributed by atoms with E-state index in [9.17, 15) is 0 Å². The monoisotopic (exact) mass is 169 g/mol. The van der Waals surface area contributed by atoms with Gasteiger partial charge >= 0.3 is 0 Å². The van der Waals surface area contributed by atoms with Crippen LogP contribution in [-0.4, -0.2) is 24.9 Å². The third-order valence-corrected chi connectivity index (χ3v) is 1.83. The SMILES string of the molecule is [B]c1ccc2nc(NC)ncc2c1. The minimum Gasteiger partial charge on any atom is -0.357 e. The molecule has 0 amide bonds. The summed E-state index contributed by atoms with van der Waals surface area (Å²) in [4.78, 5) is 8.35. The van der Waals surface area contributed by atoms with Crippen LogP contribution in [0.5, 0.6) is 0 Å². The van der Waals surface area contributed by atoms with E-state index in [2.05, 4.69) is 15.3 Å². The molecule has 0 bridgehead atoms. The van der Waals surface area contributed by atoms with Gasteiger partial charge in [0.05, 0.1) is 5.52 Å². The summed E-state index contributed by atoms with van der Waals surface area (Å²) in [6.45, 7) is 0. The molecule has 0 aliphatic carbocycles. The fraction of sp³-hybridized carbons (Fsp3) is 0.111. The minimum absolute atomic E-state index is 0.622. The quantitative estimate of drug-likeness (QED) is 0.630. The Hall–Kier alpha value is -1.58. The molecule has 3 nitrogen and oxygen atoms in total. The van der Waals surface area contributed by atoms with E-state index < -0.39 is 0 Å². The van der Waals surface area contributed by atoms with Crippen LogP contribution in [0.4, 0.5) is 5.95 Å². The van der Waals surface area contributed by atoms with E-state index in [0.717, 1.165) is 16.4 Å². The van der Waals surface area contributed by atoms with Gasteiger partial charge in [-0.05, 0) is 6.07 Å². The van der Waals surface area contributed by atoms with Crippen molar-refractivity contribution in [1.82, 2.24) is 9.97 Å². The normalized spacial score (nSPS) is 10.2. The van der Waals surface area contributed by atoms with Gasteiger partial charge in [-0.1, -0.05) is 17.6 Å². The number of benzene rings is 1. The predicted molar refractivity (Wildman–Crippen MR) is 54.5 cm³/mol. The van der Waals surface area contributed by atoms with Gasteiger partial charge in [0.15, 0.2) is 0 Å². The lowest BCUT2D eigenvalue weighted by Crippen LogP contribution is -2.02. The van der Waals surface area contributed by atoms with Crippen LogP contribution in [0.15, 0.2) is 24.4 Å². The van der Waals surface area contributed by atoms with Crippen LogP contribution in [0.2, 0.25) is 0 Å². The molecule has 0 atom stereocenters. The van der Waals surface area contributed by atoms with Crippen molar-refractivity contribution in [1.29, 1.82) is 0 Å². The van der Waals surface area contributed by atoms with Crippen LogP contribution in [0.3, 0.4) is 0 Å². The Morgan fingerprint density at radius 3 is 3.00 bits per heavy atom. The lowest BCUT2D eigenvalue weighted by atomic mass is 9.95. The molecule has 2 aromatic rings. The van der Waals surface area contributed by atoms with Crippen molar-refractivity contribution >= 4 is 30.2 Å². The molecule has 0 spiro atoms. The molecule has 1 heterocycles. The van der Waals surface area contributed by atoms with Gasteiger partial charge in [-0.3, -0.25) is 0 Å². The van der Waals surface area contributed by atoms with Crippen LogP contribution >= 0.6 is 0 Å². The topological polar surface area (TPSA) is 37.8 Å². The summed E-state index contributed by atoms with van der Waals surface area (Å²) >= 11 is 0. The molecule has 0 unspecified atom stereocenters. The second-order valence-electron chi connectivity index (χ2n) is 2.76. The van der Waals surface area contributed by atoms with Gasteiger partial charge in [-0.25, -0.2) is 9.97 Å². The number of hydrogen-bond donors (Lipinski definition) is 1. The molecule has 1 N–H and O–H groups in total. The second kappa shape index (κ2) is 3.05. The van der Waals surface area contributed by atoms with Gasteiger partial charge in [-0.15, -0.1) is 0 Å². The number of aromatic nitrogens is 2. The maximum Gasteiger partial charge on any atom is 0.222 e. The van der Waals surface area contributed by atoms with Crippen molar-refractivity contribution in [2.75, 3.05) is 12.4 Å². The molecule has 0 saturated heterocycles. The van der Waals surface area contributed by atoms with Gasteiger partial charge in [0.2, 0.25) is 5.95 Å². The highest BCUT2D eigenvalue weighted by atomic mass is 15.1. The lowest BCUT2D eigenvalue weighted by molar-refractivity contribution is 1.20. The van der Waals surface area contributed by atoms with Gasteiger partial charge in [0, 0.05) is 18.6 Å². The van der Waals surface area contributed by atoms with Gasteiger partial charge in [0.25, 0.3) is 0 Å². The molecule has 4 heteroatoms. The molecule has 1 aromatic heterocycles. The van der Waals surface area contributed by atoms with E-state index in [1.165, 1.54) is 0 Å². The zero-order valence-corrected chi connectivity index (χ0v) is 7.28. The van der Waals surface area contributed by atoms with Gasteiger partial charge in [-0.2, -0.15) is 0 Å². The van der Waals surface area contributed by atoms with Crippen molar-refractivity contribution in [3.63, 3.8) is 0 Å². The maximum atomic E-state index is 5.62. The minimum atomic E-state index is 0.622. The van der Waals surface area contributed by atoms with Crippen LogP contribution in [0.1, 0.15) is 0 Å². The van der Waals surface area contributed by atoms with Crippen LogP contribution in [0, 0.1) is 0 Å². The average Bonchev–Trinajstić information content (AvgIpc) is 2.17. The average molecular weight is 169 g/mol. The Morgan fingerprint density at radius 2 is 2.23 bits per heavy atom. The Kier molecular flexibility index (Phi) is 1.89. The standard InChI is InChI=1S/C9H8BN3/c1-11-9-12-5-6-4-7(10)2-3-8(6)13-9/h2-5H,1H3,(H,11,12,13). The summed E-state index contributed by atoms with van der Waals surface area (Å²) in [5.74, 6) is 0.622. The molecule has 1 aromatic carbocycles. The fourth-order valence-corrected chi connectivity index (χ4v) is 1.17. The maximum absolute atomic E-state index is 5.62. The van der Waals surface area contributed by atoms with E-state index >= 15 is 0 Å². The molecule has 0 fully saturated rings. The third-order valence-electron chi connectivity index (χ3n) is 1.83. The smallest absolute Gasteiger partial charge is 0.222 e. The van der Waals surface area contributed by atoms with E-state index in [4.69, 9.17) is 7.85 Å². The van der Waals surface area contributed by atoms with Crippen molar-refractivity contribution in [2.45, 2.75) is 0 Å². The summed E-state index contributed by atoms with van der Waals surface area (Å²) in [5, 5.41) is 3.84. The van der Waals surface area contributed by atoms with E-state index in [0.29, 0.717) is 5.95 Å². The molecule has 0 aliphatic rings.